The Bertz CT molecular complexity index is 848. The first-order valence-electron chi connectivity index (χ1n) is 7.46. The van der Waals surface area contributed by atoms with Crippen molar-refractivity contribution >= 4 is 17.3 Å². The van der Waals surface area contributed by atoms with E-state index in [-0.39, 0.29) is 11.3 Å². The molecule has 0 aliphatic rings. The molecule has 0 heterocycles. The molecule has 2 rings (SSSR count). The molecule has 0 fully saturated rings. The van der Waals surface area contributed by atoms with E-state index < -0.39 is 5.91 Å². The summed E-state index contributed by atoms with van der Waals surface area (Å²) in [5, 5.41) is 24.3. The van der Waals surface area contributed by atoms with E-state index in [1.165, 1.54) is 12.3 Å². The summed E-state index contributed by atoms with van der Waals surface area (Å²) in [6.45, 7) is 5.73. The Morgan fingerprint density at radius 1 is 1.12 bits per heavy atom. The number of nitrogens with one attached hydrogen (secondary N) is 2. The first kappa shape index (κ1) is 17.1. The highest BCUT2D eigenvalue weighted by molar-refractivity contribution is 6.07. The quantitative estimate of drug-likeness (QED) is 0.454. The van der Waals surface area contributed by atoms with Crippen LogP contribution < -0.4 is 10.6 Å². The van der Waals surface area contributed by atoms with Crippen molar-refractivity contribution < 1.29 is 9.90 Å². The molecule has 1 amide bonds. The van der Waals surface area contributed by atoms with Crippen LogP contribution in [0.5, 0.6) is 5.75 Å². The molecule has 0 aromatic heterocycles. The molecule has 0 saturated carbocycles. The van der Waals surface area contributed by atoms with E-state index in [1.807, 2.05) is 38.1 Å². The van der Waals surface area contributed by atoms with E-state index in [9.17, 15) is 15.2 Å². The third-order valence-corrected chi connectivity index (χ3v) is 3.80. The number of carbonyl (C=O) groups excluding carboxylic acids is 1. The Balaban J connectivity index is 2.17. The average Bonchev–Trinajstić information content (AvgIpc) is 2.54. The second-order valence-corrected chi connectivity index (χ2v) is 5.51. The molecular formula is C19H19N3O2. The van der Waals surface area contributed by atoms with Crippen molar-refractivity contribution in [1.82, 2.24) is 0 Å². The Morgan fingerprint density at radius 2 is 1.88 bits per heavy atom. The number of nitriles is 1. The van der Waals surface area contributed by atoms with Gasteiger partial charge in [0, 0.05) is 17.6 Å². The summed E-state index contributed by atoms with van der Waals surface area (Å²) in [5.74, 6) is -0.387. The van der Waals surface area contributed by atoms with E-state index in [4.69, 9.17) is 0 Å². The second-order valence-electron chi connectivity index (χ2n) is 5.51. The van der Waals surface area contributed by atoms with E-state index >= 15 is 0 Å². The molecule has 122 valence electrons. The Labute approximate surface area is 141 Å². The maximum Gasteiger partial charge on any atom is 0.267 e. The van der Waals surface area contributed by atoms with Crippen LogP contribution in [0.25, 0.3) is 0 Å². The minimum absolute atomic E-state index is 0.0385. The maximum absolute atomic E-state index is 12.2. The van der Waals surface area contributed by atoms with Crippen molar-refractivity contribution in [3.63, 3.8) is 0 Å². The van der Waals surface area contributed by atoms with Gasteiger partial charge >= 0.3 is 0 Å². The van der Waals surface area contributed by atoms with Crippen LogP contribution in [0.2, 0.25) is 0 Å². The molecule has 3 N–H and O–H groups in total. The lowest BCUT2D eigenvalue weighted by Crippen LogP contribution is -2.15. The molecule has 5 heteroatoms. The molecule has 0 radical (unpaired) electrons. The number of nitrogens with zero attached hydrogens (tertiary/aromatic N) is 1. The molecule has 0 atom stereocenters. The Hall–Kier alpha value is -3.26. The second kappa shape index (κ2) is 7.34. The van der Waals surface area contributed by atoms with E-state index in [1.54, 1.807) is 19.1 Å². The first-order valence-corrected chi connectivity index (χ1v) is 7.46. The highest BCUT2D eigenvalue weighted by Crippen LogP contribution is 2.21. The Kier molecular flexibility index (Phi) is 5.23. The molecule has 24 heavy (non-hydrogen) atoms. The molecule has 2 aromatic rings. The average molecular weight is 321 g/mol. The van der Waals surface area contributed by atoms with Crippen molar-refractivity contribution in [3.8, 4) is 11.8 Å². The molecule has 2 aromatic carbocycles. The van der Waals surface area contributed by atoms with Gasteiger partial charge in [0.25, 0.3) is 5.91 Å². The molecule has 0 saturated heterocycles. The molecule has 0 bridgehead atoms. The van der Waals surface area contributed by atoms with Gasteiger partial charge in [-0.15, -0.1) is 0 Å². The van der Waals surface area contributed by atoms with Gasteiger partial charge in [0.15, 0.2) is 0 Å². The van der Waals surface area contributed by atoms with Crippen LogP contribution in [0.1, 0.15) is 16.7 Å². The van der Waals surface area contributed by atoms with Gasteiger partial charge in [-0.3, -0.25) is 4.79 Å². The van der Waals surface area contributed by atoms with Gasteiger partial charge in [-0.25, -0.2) is 0 Å². The number of benzene rings is 2. The van der Waals surface area contributed by atoms with Gasteiger partial charge in [0.1, 0.15) is 17.4 Å². The minimum Gasteiger partial charge on any atom is -0.508 e. The van der Waals surface area contributed by atoms with Crippen molar-refractivity contribution in [2.75, 3.05) is 10.6 Å². The third kappa shape index (κ3) is 3.93. The van der Waals surface area contributed by atoms with Gasteiger partial charge in [-0.05, 0) is 61.7 Å². The third-order valence-electron chi connectivity index (χ3n) is 3.80. The number of phenols is 1. The molecule has 0 aliphatic carbocycles. The zero-order chi connectivity index (χ0) is 17.7. The fourth-order valence-electron chi connectivity index (χ4n) is 2.18. The highest BCUT2D eigenvalue weighted by Gasteiger charge is 2.11. The smallest absolute Gasteiger partial charge is 0.267 e. The van der Waals surface area contributed by atoms with Crippen LogP contribution in [0.15, 0.2) is 48.2 Å². The topological polar surface area (TPSA) is 85.2 Å². The summed E-state index contributed by atoms with van der Waals surface area (Å²) in [4.78, 5) is 12.2. The number of amides is 1. The van der Waals surface area contributed by atoms with Crippen molar-refractivity contribution in [3.05, 3.63) is 64.9 Å². The van der Waals surface area contributed by atoms with Crippen molar-refractivity contribution in [2.24, 2.45) is 0 Å². The predicted octanol–water partition coefficient (Wildman–Crippen LogP) is 3.78. The number of rotatable bonds is 4. The van der Waals surface area contributed by atoms with Crippen LogP contribution in [0.3, 0.4) is 0 Å². The number of hydrogen-bond donors (Lipinski definition) is 3. The summed E-state index contributed by atoms with van der Waals surface area (Å²) in [6.07, 6.45) is 1.40. The van der Waals surface area contributed by atoms with Gasteiger partial charge < -0.3 is 15.7 Å². The number of aromatic hydroxyl groups is 1. The van der Waals surface area contributed by atoms with Crippen LogP contribution in [-0.2, 0) is 4.79 Å². The van der Waals surface area contributed by atoms with Crippen LogP contribution >= 0.6 is 0 Å². The van der Waals surface area contributed by atoms with Crippen molar-refractivity contribution in [1.29, 1.82) is 5.26 Å². The molecule has 0 aliphatic heterocycles. The van der Waals surface area contributed by atoms with Crippen molar-refractivity contribution in [2.45, 2.75) is 20.8 Å². The number of hydrogen-bond acceptors (Lipinski definition) is 4. The zero-order valence-corrected chi connectivity index (χ0v) is 13.8. The largest absolute Gasteiger partial charge is 0.508 e. The number of carbonyl (C=O) groups is 1. The van der Waals surface area contributed by atoms with Gasteiger partial charge in [0.05, 0.1) is 0 Å². The summed E-state index contributed by atoms with van der Waals surface area (Å²) in [6, 6.07) is 12.3. The SMILES string of the molecule is Cc1cc(O)ccc1NC(=O)/C(C#N)=C\Nc1cccc(C)c1C. The summed E-state index contributed by atoms with van der Waals surface area (Å²) in [5.41, 5.74) is 4.24. The first-order chi connectivity index (χ1) is 11.4. The predicted molar refractivity (Wildman–Crippen MR) is 94.7 cm³/mol. The molecule has 0 unspecified atom stereocenters. The van der Waals surface area contributed by atoms with Crippen LogP contribution in [0, 0.1) is 32.1 Å². The van der Waals surface area contributed by atoms with Crippen LogP contribution in [-0.4, -0.2) is 11.0 Å². The van der Waals surface area contributed by atoms with E-state index in [0.29, 0.717) is 11.3 Å². The minimum atomic E-state index is -0.510. The molecular weight excluding hydrogens is 302 g/mol. The van der Waals surface area contributed by atoms with Crippen LogP contribution in [0.4, 0.5) is 11.4 Å². The molecule has 5 nitrogen and oxygen atoms in total. The highest BCUT2D eigenvalue weighted by atomic mass is 16.3. The van der Waals surface area contributed by atoms with Gasteiger partial charge in [-0.1, -0.05) is 12.1 Å². The summed E-state index contributed by atoms with van der Waals surface area (Å²) >= 11 is 0. The number of phenolic OH excluding ortho intramolecular Hbond substituents is 1. The van der Waals surface area contributed by atoms with Gasteiger partial charge in [-0.2, -0.15) is 5.26 Å². The lowest BCUT2D eigenvalue weighted by molar-refractivity contribution is -0.112. The van der Waals surface area contributed by atoms with Gasteiger partial charge in [0.2, 0.25) is 0 Å². The summed E-state index contributed by atoms with van der Waals surface area (Å²) < 4.78 is 0. The summed E-state index contributed by atoms with van der Waals surface area (Å²) in [7, 11) is 0. The lowest BCUT2D eigenvalue weighted by Gasteiger charge is -2.10. The zero-order valence-electron chi connectivity index (χ0n) is 13.8. The maximum atomic E-state index is 12.2. The standard InChI is InChI=1S/C19H19N3O2/c1-12-5-4-6-18(14(12)3)21-11-15(10-20)19(24)22-17-8-7-16(23)9-13(17)2/h4-9,11,21,23H,1-3H3,(H,22,24)/b15-11-. The number of aryl methyl sites for hydroxylation is 2. The lowest BCUT2D eigenvalue weighted by atomic mass is 10.1. The normalized spacial score (nSPS) is 10.8. The Morgan fingerprint density at radius 3 is 2.54 bits per heavy atom. The van der Waals surface area contributed by atoms with E-state index in [0.717, 1.165) is 16.8 Å². The van der Waals surface area contributed by atoms with E-state index in [2.05, 4.69) is 10.6 Å². The number of anilines is 2. The fraction of sp³-hybridized carbons (Fsp3) is 0.158. The monoisotopic (exact) mass is 321 g/mol. The fourth-order valence-corrected chi connectivity index (χ4v) is 2.18. The molecule has 0 spiro atoms.